The van der Waals surface area contributed by atoms with Crippen LogP contribution in [0.5, 0.6) is 0 Å². The van der Waals surface area contributed by atoms with Gasteiger partial charge in [0.25, 0.3) is 5.78 Å². The fraction of sp³-hybridized carbons (Fsp3) is 0.200. The van der Waals surface area contributed by atoms with Crippen molar-refractivity contribution in [1.82, 2.24) is 9.78 Å². The number of rotatable bonds is 3. The van der Waals surface area contributed by atoms with E-state index >= 15 is 0 Å². The van der Waals surface area contributed by atoms with Crippen molar-refractivity contribution in [2.45, 2.75) is 18.5 Å². The lowest BCUT2D eigenvalue weighted by molar-refractivity contribution is -0.167. The van der Waals surface area contributed by atoms with E-state index < -0.39 is 68.6 Å². The van der Waals surface area contributed by atoms with Gasteiger partial charge in [-0.1, -0.05) is 23.2 Å². The number of ketones is 1. The van der Waals surface area contributed by atoms with Crippen molar-refractivity contribution in [3.63, 3.8) is 0 Å². The van der Waals surface area contributed by atoms with Gasteiger partial charge in [0.1, 0.15) is 23.1 Å². The molecule has 0 aliphatic heterocycles. The second-order valence-corrected chi connectivity index (χ2v) is 6.48. The van der Waals surface area contributed by atoms with E-state index in [1.165, 1.54) is 0 Å². The lowest BCUT2D eigenvalue weighted by atomic mass is 10.1. The quantitative estimate of drug-likeness (QED) is 0.445. The number of hydrogen-bond donors (Lipinski definition) is 1. The van der Waals surface area contributed by atoms with E-state index in [4.69, 9.17) is 28.5 Å². The van der Waals surface area contributed by atoms with Crippen molar-refractivity contribution < 1.29 is 49.1 Å². The van der Waals surface area contributed by atoms with Crippen LogP contribution in [0.2, 0.25) is 10.0 Å². The number of nitriles is 1. The van der Waals surface area contributed by atoms with E-state index in [0.717, 1.165) is 11.4 Å². The molecule has 17 heteroatoms. The summed E-state index contributed by atoms with van der Waals surface area (Å²) in [7, 11) is 0. The van der Waals surface area contributed by atoms with Gasteiger partial charge >= 0.3 is 24.4 Å². The molecule has 0 aliphatic carbocycles. The Morgan fingerprint density at radius 3 is 1.84 bits per heavy atom. The molecule has 32 heavy (non-hydrogen) atoms. The van der Waals surface area contributed by atoms with E-state index in [0.29, 0.717) is 0 Å². The molecule has 1 amide bonds. The highest BCUT2D eigenvalue weighted by Crippen LogP contribution is 2.40. The zero-order chi connectivity index (χ0) is 24.8. The van der Waals surface area contributed by atoms with Crippen molar-refractivity contribution in [1.29, 1.82) is 5.26 Å². The van der Waals surface area contributed by atoms with Crippen molar-refractivity contribution in [2.24, 2.45) is 0 Å². The Bertz CT molecular complexity index is 1120. The molecule has 0 spiro atoms. The van der Waals surface area contributed by atoms with E-state index in [9.17, 15) is 49.1 Å². The molecule has 0 radical (unpaired) electrons. The van der Waals surface area contributed by atoms with Crippen molar-refractivity contribution >= 4 is 40.7 Å². The highest BCUT2D eigenvalue weighted by atomic mass is 35.5. The molecule has 0 saturated carbocycles. The van der Waals surface area contributed by atoms with Gasteiger partial charge in [0, 0.05) is 0 Å². The number of alkyl halides is 9. The van der Waals surface area contributed by atoms with Gasteiger partial charge in [-0.2, -0.15) is 49.9 Å². The Morgan fingerprint density at radius 2 is 1.47 bits per heavy atom. The van der Waals surface area contributed by atoms with Gasteiger partial charge in [-0.3, -0.25) is 9.59 Å². The molecule has 6 nitrogen and oxygen atoms in total. The summed E-state index contributed by atoms with van der Waals surface area (Å²) < 4.78 is 115. The molecule has 0 saturated heterocycles. The van der Waals surface area contributed by atoms with E-state index in [1.807, 2.05) is 0 Å². The van der Waals surface area contributed by atoms with E-state index in [-0.39, 0.29) is 16.8 Å². The summed E-state index contributed by atoms with van der Waals surface area (Å²) in [5.74, 6) is -7.41. The Balaban J connectivity index is 2.90. The van der Waals surface area contributed by atoms with Crippen LogP contribution in [0.3, 0.4) is 0 Å². The average molecular weight is 513 g/mol. The lowest BCUT2D eigenvalue weighted by Crippen LogP contribution is -2.32. The van der Waals surface area contributed by atoms with Crippen LogP contribution in [-0.4, -0.2) is 33.8 Å². The molecule has 0 bridgehead atoms. The number of aromatic nitrogens is 2. The minimum absolute atomic E-state index is 0.0774. The van der Waals surface area contributed by atoms with Gasteiger partial charge in [0.05, 0.1) is 15.6 Å². The van der Waals surface area contributed by atoms with Crippen LogP contribution in [0.1, 0.15) is 21.6 Å². The number of anilines is 1. The fourth-order valence-corrected chi connectivity index (χ4v) is 2.89. The molecule has 0 aliphatic rings. The standard InChI is InChI=1S/C15H3Cl2F9N4O2/c16-5-1-4(13(18,19)20)2-6(17)9(5)30-11(28-12(32)15(24,25)26)8(7(3-27)29-30)10(31)14(21,22)23/h1-2H,(H,28,32). The van der Waals surface area contributed by atoms with E-state index in [1.54, 1.807) is 0 Å². The first-order valence-electron chi connectivity index (χ1n) is 7.49. The number of nitrogens with zero attached hydrogens (tertiary/aromatic N) is 3. The minimum atomic E-state index is -5.75. The number of amides is 1. The smallest absolute Gasteiger partial charge is 0.302 e. The molecular formula is C15H3Cl2F9N4O2. The molecule has 172 valence electrons. The maximum Gasteiger partial charge on any atom is 0.471 e. The molecule has 1 N–H and O–H groups in total. The number of carbonyl (C=O) groups excluding carboxylic acids is 2. The number of hydrogen-bond acceptors (Lipinski definition) is 4. The summed E-state index contributed by atoms with van der Waals surface area (Å²) >= 11 is 11.4. The Hall–Kier alpha value is -2.99. The maximum atomic E-state index is 12.9. The van der Waals surface area contributed by atoms with Gasteiger partial charge in [-0.15, -0.1) is 0 Å². The average Bonchev–Trinajstić information content (AvgIpc) is 2.96. The molecule has 1 heterocycles. The number of halogens is 11. The predicted molar refractivity (Wildman–Crippen MR) is 88.4 cm³/mol. The first-order chi connectivity index (χ1) is 14.4. The zero-order valence-electron chi connectivity index (χ0n) is 14.5. The monoisotopic (exact) mass is 512 g/mol. The SMILES string of the molecule is N#Cc1nn(-c2c(Cl)cc(C(F)(F)F)cc2Cl)c(NC(=O)C(F)(F)F)c1C(=O)C(F)(F)F. The minimum Gasteiger partial charge on any atom is -0.302 e. The zero-order valence-corrected chi connectivity index (χ0v) is 16.0. The Morgan fingerprint density at radius 1 is 0.969 bits per heavy atom. The summed E-state index contributed by atoms with van der Waals surface area (Å²) in [6.07, 6.45) is -16.4. The highest BCUT2D eigenvalue weighted by Gasteiger charge is 2.46. The van der Waals surface area contributed by atoms with Gasteiger partial charge in [0.2, 0.25) is 0 Å². The van der Waals surface area contributed by atoms with Crippen molar-refractivity contribution in [3.05, 3.63) is 39.0 Å². The summed E-state index contributed by atoms with van der Waals surface area (Å²) in [5.41, 5.74) is -5.63. The highest BCUT2D eigenvalue weighted by molar-refractivity contribution is 6.38. The van der Waals surface area contributed by atoms with Crippen molar-refractivity contribution in [3.8, 4) is 11.8 Å². The number of carbonyl (C=O) groups is 2. The topological polar surface area (TPSA) is 87.8 Å². The summed E-state index contributed by atoms with van der Waals surface area (Å²) in [6.45, 7) is 0. The Kier molecular flexibility index (Phi) is 6.45. The first-order valence-corrected chi connectivity index (χ1v) is 8.24. The second kappa shape index (κ2) is 8.17. The van der Waals surface area contributed by atoms with Gasteiger partial charge < -0.3 is 5.32 Å². The first kappa shape index (κ1) is 25.3. The molecule has 0 atom stereocenters. The fourth-order valence-electron chi connectivity index (χ4n) is 2.24. The summed E-state index contributed by atoms with van der Waals surface area (Å²) in [4.78, 5) is 23.0. The third kappa shape index (κ3) is 4.91. The summed E-state index contributed by atoms with van der Waals surface area (Å²) in [5, 5.41) is 11.2. The van der Waals surface area contributed by atoms with Gasteiger partial charge in [-0.05, 0) is 12.1 Å². The molecule has 0 fully saturated rings. The predicted octanol–water partition coefficient (Wildman–Crippen LogP) is 5.32. The van der Waals surface area contributed by atoms with Crippen LogP contribution in [0.15, 0.2) is 12.1 Å². The van der Waals surface area contributed by atoms with Crippen LogP contribution in [-0.2, 0) is 11.0 Å². The largest absolute Gasteiger partial charge is 0.471 e. The summed E-state index contributed by atoms with van der Waals surface area (Å²) in [6, 6.07) is 1.43. The number of nitrogens with one attached hydrogen (secondary N) is 1. The maximum absolute atomic E-state index is 12.9. The van der Waals surface area contributed by atoms with Crippen LogP contribution < -0.4 is 5.32 Å². The molecule has 0 unspecified atom stereocenters. The number of benzene rings is 1. The van der Waals surface area contributed by atoms with Crippen LogP contribution in [0.25, 0.3) is 5.69 Å². The number of Topliss-reactive ketones (excluding diaryl/α,β-unsaturated/α-hetero) is 1. The second-order valence-electron chi connectivity index (χ2n) is 5.66. The molecule has 1 aromatic carbocycles. The molecular weight excluding hydrogens is 510 g/mol. The molecule has 2 rings (SSSR count). The van der Waals surface area contributed by atoms with Crippen molar-refractivity contribution in [2.75, 3.05) is 5.32 Å². The molecule has 1 aromatic heterocycles. The third-order valence-electron chi connectivity index (χ3n) is 3.52. The van der Waals surface area contributed by atoms with Gasteiger partial charge in [0.15, 0.2) is 5.69 Å². The normalized spacial score (nSPS) is 12.4. The lowest BCUT2D eigenvalue weighted by Gasteiger charge is -2.16. The van der Waals surface area contributed by atoms with Gasteiger partial charge in [-0.25, -0.2) is 4.68 Å². The Labute approximate surface area is 180 Å². The molecule has 2 aromatic rings. The van der Waals surface area contributed by atoms with Crippen LogP contribution in [0, 0.1) is 11.3 Å². The van der Waals surface area contributed by atoms with E-state index in [2.05, 4.69) is 5.10 Å². The third-order valence-corrected chi connectivity index (χ3v) is 4.10. The van der Waals surface area contributed by atoms with Crippen LogP contribution in [0.4, 0.5) is 45.3 Å². The van der Waals surface area contributed by atoms with Crippen LogP contribution >= 0.6 is 23.2 Å².